The summed E-state index contributed by atoms with van der Waals surface area (Å²) in [4.78, 5) is 15.1. The monoisotopic (exact) mass is 459 g/mol. The summed E-state index contributed by atoms with van der Waals surface area (Å²) in [7, 11) is 0. The van der Waals surface area contributed by atoms with Crippen molar-refractivity contribution in [3.8, 4) is 17.0 Å². The first-order chi connectivity index (χ1) is 16.5. The Bertz CT molecular complexity index is 1290. The maximum Gasteiger partial charge on any atom is 0.276 e. The third kappa shape index (κ3) is 4.13. The van der Waals surface area contributed by atoms with E-state index in [0.717, 1.165) is 54.3 Å². The van der Waals surface area contributed by atoms with Gasteiger partial charge >= 0.3 is 0 Å². The van der Waals surface area contributed by atoms with Gasteiger partial charge in [-0.1, -0.05) is 23.4 Å². The number of hydrogen-bond donors (Lipinski definition) is 0. The molecular weight excluding hydrogens is 430 g/mol. The molecule has 0 radical (unpaired) electrons. The van der Waals surface area contributed by atoms with Crippen LogP contribution in [0, 0.1) is 19.8 Å². The fourth-order valence-electron chi connectivity index (χ4n) is 4.89. The number of benzene rings is 1. The van der Waals surface area contributed by atoms with Gasteiger partial charge in [0.1, 0.15) is 12.2 Å². The maximum atomic E-state index is 13.3. The van der Waals surface area contributed by atoms with E-state index in [-0.39, 0.29) is 5.91 Å². The van der Waals surface area contributed by atoms with Crippen LogP contribution in [0.15, 0.2) is 47.2 Å². The Labute approximate surface area is 198 Å². The highest BCUT2D eigenvalue weighted by Crippen LogP contribution is 2.29. The first kappa shape index (κ1) is 22.1. The minimum absolute atomic E-state index is 0.0950. The second-order valence-electron chi connectivity index (χ2n) is 8.85. The van der Waals surface area contributed by atoms with E-state index in [1.807, 2.05) is 65.3 Å². The molecule has 1 aliphatic rings. The minimum Gasteiger partial charge on any atom is -0.355 e. The van der Waals surface area contributed by atoms with Crippen LogP contribution in [0.3, 0.4) is 0 Å². The zero-order valence-electron chi connectivity index (χ0n) is 19.8. The van der Waals surface area contributed by atoms with Gasteiger partial charge in [-0.05, 0) is 51.7 Å². The summed E-state index contributed by atoms with van der Waals surface area (Å²) in [6.45, 7) is 8.16. The second-order valence-corrected chi connectivity index (χ2v) is 8.85. The lowest BCUT2D eigenvalue weighted by Crippen LogP contribution is -2.40. The van der Waals surface area contributed by atoms with E-state index < -0.39 is 0 Å². The van der Waals surface area contributed by atoms with Gasteiger partial charge in [0.15, 0.2) is 11.5 Å². The van der Waals surface area contributed by atoms with Gasteiger partial charge in [-0.15, -0.1) is 10.2 Å². The Morgan fingerprint density at radius 1 is 1.21 bits per heavy atom. The van der Waals surface area contributed by atoms with Crippen LogP contribution < -0.4 is 0 Å². The summed E-state index contributed by atoms with van der Waals surface area (Å²) >= 11 is 0. The number of piperidine rings is 1. The van der Waals surface area contributed by atoms with Crippen molar-refractivity contribution in [2.24, 2.45) is 5.92 Å². The van der Waals surface area contributed by atoms with Crippen molar-refractivity contribution >= 4 is 5.91 Å². The third-order valence-corrected chi connectivity index (χ3v) is 6.59. The molecule has 0 aliphatic carbocycles. The Hall–Kier alpha value is -3.75. The molecule has 4 heterocycles. The van der Waals surface area contributed by atoms with Crippen molar-refractivity contribution in [3.05, 3.63) is 65.6 Å². The SMILES string of the molecule is CCn1nc(C)c(-c2cc(C(=O)N3CCC[C@@H](Cc4nncn4-c4ccccc4)C3)no2)c1C. The zero-order valence-corrected chi connectivity index (χ0v) is 19.8. The number of amides is 1. The lowest BCUT2D eigenvalue weighted by molar-refractivity contribution is 0.0661. The molecule has 0 saturated carbocycles. The molecule has 0 N–H and O–H groups in total. The summed E-state index contributed by atoms with van der Waals surface area (Å²) in [6, 6.07) is 11.8. The van der Waals surface area contributed by atoms with Crippen molar-refractivity contribution in [2.45, 2.75) is 46.6 Å². The number of likely N-dealkylation sites (tertiary alicyclic amines) is 1. The summed E-state index contributed by atoms with van der Waals surface area (Å²) in [5.41, 5.74) is 4.17. The number of para-hydroxylation sites is 1. The largest absolute Gasteiger partial charge is 0.355 e. The van der Waals surface area contributed by atoms with Crippen LogP contribution >= 0.6 is 0 Å². The van der Waals surface area contributed by atoms with Gasteiger partial charge < -0.3 is 9.42 Å². The van der Waals surface area contributed by atoms with Crippen molar-refractivity contribution in [2.75, 3.05) is 13.1 Å². The summed E-state index contributed by atoms with van der Waals surface area (Å²) in [5.74, 6) is 1.71. The number of hydrogen-bond acceptors (Lipinski definition) is 6. The molecule has 0 bridgehead atoms. The molecule has 0 unspecified atom stereocenters. The number of rotatable bonds is 6. The zero-order chi connectivity index (χ0) is 23.7. The smallest absolute Gasteiger partial charge is 0.276 e. The van der Waals surface area contributed by atoms with Crippen molar-refractivity contribution in [3.63, 3.8) is 0 Å². The molecule has 0 spiro atoms. The number of nitrogens with zero attached hydrogens (tertiary/aromatic N) is 7. The highest BCUT2D eigenvalue weighted by molar-refractivity contribution is 5.93. The van der Waals surface area contributed by atoms with Crippen LogP contribution in [-0.4, -0.2) is 53.6 Å². The Morgan fingerprint density at radius 2 is 2.03 bits per heavy atom. The van der Waals surface area contributed by atoms with Crippen molar-refractivity contribution in [1.29, 1.82) is 0 Å². The van der Waals surface area contributed by atoms with Crippen LogP contribution in [0.1, 0.15) is 47.5 Å². The molecule has 5 rings (SSSR count). The van der Waals surface area contributed by atoms with Crippen LogP contribution in [0.25, 0.3) is 17.0 Å². The normalized spacial score (nSPS) is 16.2. The van der Waals surface area contributed by atoms with Crippen LogP contribution in [0.5, 0.6) is 0 Å². The highest BCUT2D eigenvalue weighted by atomic mass is 16.5. The average molecular weight is 460 g/mol. The number of carbonyl (C=O) groups is 1. The molecule has 176 valence electrons. The maximum absolute atomic E-state index is 13.3. The Balaban J connectivity index is 1.30. The van der Waals surface area contributed by atoms with E-state index >= 15 is 0 Å². The molecule has 4 aromatic rings. The predicted molar refractivity (Wildman–Crippen MR) is 127 cm³/mol. The summed E-state index contributed by atoms with van der Waals surface area (Å²) < 4.78 is 9.53. The molecule has 1 amide bonds. The van der Waals surface area contributed by atoms with E-state index in [1.54, 1.807) is 12.4 Å². The van der Waals surface area contributed by atoms with Gasteiger partial charge in [-0.2, -0.15) is 5.10 Å². The molecule has 9 heteroatoms. The predicted octanol–water partition coefficient (Wildman–Crippen LogP) is 3.85. The first-order valence-electron chi connectivity index (χ1n) is 11.8. The standard InChI is InChI=1S/C25H29N7O2/c1-4-32-18(3)24(17(2)28-32)22-14-21(29-34-22)25(33)30-12-8-9-19(15-30)13-23-27-26-16-31(23)20-10-6-5-7-11-20/h5-7,10-11,14,16,19H,4,8-9,12-13,15H2,1-3H3/t19-/m0/s1. The summed E-state index contributed by atoms with van der Waals surface area (Å²) in [6.07, 6.45) is 4.50. The fourth-order valence-corrected chi connectivity index (χ4v) is 4.89. The van der Waals surface area contributed by atoms with Gasteiger partial charge in [0, 0.05) is 43.5 Å². The number of carbonyl (C=O) groups excluding carboxylic acids is 1. The van der Waals surface area contributed by atoms with Gasteiger partial charge in [-0.25, -0.2) is 0 Å². The number of aryl methyl sites for hydroxylation is 2. The molecule has 1 fully saturated rings. The van der Waals surface area contributed by atoms with E-state index in [4.69, 9.17) is 4.52 Å². The minimum atomic E-state index is -0.0950. The molecule has 9 nitrogen and oxygen atoms in total. The van der Waals surface area contributed by atoms with Crippen molar-refractivity contribution < 1.29 is 9.32 Å². The fraction of sp³-hybridized carbons (Fsp3) is 0.400. The van der Waals surface area contributed by atoms with E-state index in [9.17, 15) is 4.79 Å². The topological polar surface area (TPSA) is 94.9 Å². The molecular formula is C25H29N7O2. The lowest BCUT2D eigenvalue weighted by Gasteiger charge is -2.32. The third-order valence-electron chi connectivity index (χ3n) is 6.59. The van der Waals surface area contributed by atoms with Gasteiger partial charge in [0.2, 0.25) is 0 Å². The first-order valence-corrected chi connectivity index (χ1v) is 11.8. The van der Waals surface area contributed by atoms with Gasteiger partial charge in [-0.3, -0.25) is 14.0 Å². The second kappa shape index (κ2) is 9.24. The van der Waals surface area contributed by atoms with Crippen molar-refractivity contribution in [1.82, 2.24) is 34.6 Å². The number of aromatic nitrogens is 6. The Kier molecular flexibility index (Phi) is 6.00. The molecule has 1 atom stereocenters. The average Bonchev–Trinajstić information content (AvgIpc) is 3.58. The molecule has 34 heavy (non-hydrogen) atoms. The van der Waals surface area contributed by atoms with Crippen LogP contribution in [0.4, 0.5) is 0 Å². The molecule has 1 aromatic carbocycles. The lowest BCUT2D eigenvalue weighted by atomic mass is 9.94. The highest BCUT2D eigenvalue weighted by Gasteiger charge is 2.28. The summed E-state index contributed by atoms with van der Waals surface area (Å²) in [5, 5.41) is 17.1. The Morgan fingerprint density at radius 3 is 2.79 bits per heavy atom. The molecule has 1 aliphatic heterocycles. The van der Waals surface area contributed by atoms with Gasteiger partial charge in [0.05, 0.1) is 11.3 Å². The van der Waals surface area contributed by atoms with Gasteiger partial charge in [0.25, 0.3) is 5.91 Å². The molecule has 3 aromatic heterocycles. The van der Waals surface area contributed by atoms with E-state index in [2.05, 4.69) is 20.5 Å². The van der Waals surface area contributed by atoms with E-state index in [0.29, 0.717) is 30.5 Å². The molecule has 1 saturated heterocycles. The quantitative estimate of drug-likeness (QED) is 0.435. The van der Waals surface area contributed by atoms with Crippen LogP contribution in [-0.2, 0) is 13.0 Å². The van der Waals surface area contributed by atoms with E-state index in [1.165, 1.54) is 0 Å². The van der Waals surface area contributed by atoms with Crippen LogP contribution in [0.2, 0.25) is 0 Å².